The zero-order chi connectivity index (χ0) is 18.5. The lowest BCUT2D eigenvalue weighted by Crippen LogP contribution is -2.42. The molecular formula is C20H29N3O3. The smallest absolute Gasteiger partial charge is 0.256 e. The summed E-state index contributed by atoms with van der Waals surface area (Å²) in [6.07, 6.45) is 4.84. The summed E-state index contributed by atoms with van der Waals surface area (Å²) in [5.41, 5.74) is 2.58. The highest BCUT2D eigenvalue weighted by Gasteiger charge is 2.62. The van der Waals surface area contributed by atoms with Gasteiger partial charge in [0.05, 0.1) is 17.4 Å². The maximum absolute atomic E-state index is 12.6. The Kier molecular flexibility index (Phi) is 4.43. The van der Waals surface area contributed by atoms with E-state index in [9.17, 15) is 4.79 Å². The molecular weight excluding hydrogens is 330 g/mol. The number of aromatic nitrogens is 1. The Morgan fingerprint density at radius 2 is 2.23 bits per heavy atom. The second kappa shape index (κ2) is 6.50. The van der Waals surface area contributed by atoms with E-state index in [0.29, 0.717) is 35.4 Å². The zero-order valence-electron chi connectivity index (χ0n) is 16.2. The predicted octanol–water partition coefficient (Wildman–Crippen LogP) is 2.47. The van der Waals surface area contributed by atoms with Crippen molar-refractivity contribution in [3.63, 3.8) is 0 Å². The van der Waals surface area contributed by atoms with Crippen LogP contribution in [0.5, 0.6) is 0 Å². The van der Waals surface area contributed by atoms with Crippen LogP contribution in [0.25, 0.3) is 0 Å². The molecule has 6 heteroatoms. The molecule has 1 N–H and O–H groups in total. The van der Waals surface area contributed by atoms with Gasteiger partial charge in [0.1, 0.15) is 11.3 Å². The molecule has 4 heterocycles. The Labute approximate surface area is 154 Å². The van der Waals surface area contributed by atoms with Gasteiger partial charge < -0.3 is 14.6 Å². The molecule has 26 heavy (non-hydrogen) atoms. The van der Waals surface area contributed by atoms with Crippen LogP contribution in [0.15, 0.2) is 16.2 Å². The average Bonchev–Trinajstić information content (AvgIpc) is 3.30. The minimum absolute atomic E-state index is 0.0125. The van der Waals surface area contributed by atoms with Crippen LogP contribution in [-0.4, -0.2) is 53.8 Å². The second-order valence-electron chi connectivity index (χ2n) is 8.41. The molecule has 3 aliphatic heterocycles. The molecule has 4 atom stereocenters. The maximum atomic E-state index is 12.6. The van der Waals surface area contributed by atoms with Crippen molar-refractivity contribution in [3.8, 4) is 0 Å². The number of carbonyl (C=O) groups is 1. The monoisotopic (exact) mass is 359 g/mol. The Bertz CT molecular complexity index is 717. The first kappa shape index (κ1) is 17.7. The summed E-state index contributed by atoms with van der Waals surface area (Å²) in [5.74, 6) is 1.40. The van der Waals surface area contributed by atoms with Gasteiger partial charge in [-0.25, -0.2) is 0 Å². The number of amides is 1. The fourth-order valence-electron chi connectivity index (χ4n) is 5.12. The highest BCUT2D eigenvalue weighted by atomic mass is 16.5. The maximum Gasteiger partial charge on any atom is 0.256 e. The summed E-state index contributed by atoms with van der Waals surface area (Å²) in [6.45, 7) is 11.6. The Hall–Kier alpha value is -1.66. The van der Waals surface area contributed by atoms with Crippen LogP contribution >= 0.6 is 0 Å². The largest absolute Gasteiger partial charge is 0.370 e. The van der Waals surface area contributed by atoms with Gasteiger partial charge in [0.2, 0.25) is 0 Å². The summed E-state index contributed by atoms with van der Waals surface area (Å²) >= 11 is 0. The molecule has 3 fully saturated rings. The molecule has 142 valence electrons. The Balaban J connectivity index is 1.42. The van der Waals surface area contributed by atoms with E-state index in [2.05, 4.69) is 35.3 Å². The fourth-order valence-corrected chi connectivity index (χ4v) is 5.12. The summed E-state index contributed by atoms with van der Waals surface area (Å²) in [5, 5.41) is 7.00. The van der Waals surface area contributed by atoms with Gasteiger partial charge in [-0.1, -0.05) is 16.8 Å². The van der Waals surface area contributed by atoms with Gasteiger partial charge in [-0.3, -0.25) is 9.69 Å². The van der Waals surface area contributed by atoms with Gasteiger partial charge in [-0.15, -0.1) is 0 Å². The third kappa shape index (κ3) is 2.89. The number of rotatable bonds is 5. The van der Waals surface area contributed by atoms with E-state index in [1.807, 2.05) is 0 Å². The molecule has 4 rings (SSSR count). The minimum Gasteiger partial charge on any atom is -0.370 e. The third-order valence-electron chi connectivity index (χ3n) is 6.37. The molecule has 1 aromatic rings. The predicted molar refractivity (Wildman–Crippen MR) is 98.0 cm³/mol. The lowest BCUT2D eigenvalue weighted by molar-refractivity contribution is 0.00364. The van der Waals surface area contributed by atoms with Crippen LogP contribution < -0.4 is 5.32 Å². The lowest BCUT2D eigenvalue weighted by Gasteiger charge is -2.29. The average molecular weight is 359 g/mol. The summed E-state index contributed by atoms with van der Waals surface area (Å²) in [4.78, 5) is 15.1. The molecule has 0 aliphatic carbocycles. The first-order valence-corrected chi connectivity index (χ1v) is 9.64. The first-order valence-electron chi connectivity index (χ1n) is 9.64. The summed E-state index contributed by atoms with van der Waals surface area (Å²) in [6, 6.07) is 0. The molecule has 0 saturated carbocycles. The number of carbonyl (C=O) groups excluding carboxylic acids is 1. The second-order valence-corrected chi connectivity index (χ2v) is 8.41. The van der Waals surface area contributed by atoms with Crippen LogP contribution in [0.2, 0.25) is 0 Å². The van der Waals surface area contributed by atoms with Crippen LogP contribution in [0.4, 0.5) is 0 Å². The number of nitrogens with zero attached hydrogens (tertiary/aromatic N) is 2. The highest BCUT2D eigenvalue weighted by Crippen LogP contribution is 2.54. The topological polar surface area (TPSA) is 67.6 Å². The minimum atomic E-state index is -0.0857. The van der Waals surface area contributed by atoms with Crippen LogP contribution in [0.1, 0.15) is 48.5 Å². The molecule has 6 nitrogen and oxygen atoms in total. The van der Waals surface area contributed by atoms with Crippen molar-refractivity contribution in [1.29, 1.82) is 0 Å². The summed E-state index contributed by atoms with van der Waals surface area (Å²) < 4.78 is 11.6. The van der Waals surface area contributed by atoms with Crippen molar-refractivity contribution in [3.05, 3.63) is 28.7 Å². The van der Waals surface area contributed by atoms with E-state index in [1.165, 1.54) is 5.57 Å². The van der Waals surface area contributed by atoms with Crippen molar-refractivity contribution < 1.29 is 14.1 Å². The number of allylic oxidation sites excluding steroid dienone is 1. The van der Waals surface area contributed by atoms with Crippen molar-refractivity contribution in [2.45, 2.75) is 52.2 Å². The SMILES string of the molecule is CC(C)=CCN1C[C@@H]2[C@H](CNC(=O)c3c(C)noc3C)[C@H]3CC[C@]2(C1)O3. The summed E-state index contributed by atoms with van der Waals surface area (Å²) in [7, 11) is 0. The Morgan fingerprint density at radius 3 is 2.92 bits per heavy atom. The quantitative estimate of drug-likeness (QED) is 0.818. The number of aryl methyl sites for hydroxylation is 2. The fraction of sp³-hybridized carbons (Fsp3) is 0.700. The number of likely N-dealkylation sites (tertiary alicyclic amines) is 1. The van der Waals surface area contributed by atoms with Gasteiger partial charge in [0.25, 0.3) is 5.91 Å². The van der Waals surface area contributed by atoms with Crippen LogP contribution in [0, 0.1) is 25.7 Å². The zero-order valence-corrected chi connectivity index (χ0v) is 16.2. The van der Waals surface area contributed by atoms with Crippen LogP contribution in [0.3, 0.4) is 0 Å². The molecule has 1 amide bonds. The molecule has 2 bridgehead atoms. The van der Waals surface area contributed by atoms with Gasteiger partial charge >= 0.3 is 0 Å². The van der Waals surface area contributed by atoms with E-state index < -0.39 is 0 Å². The number of fused-ring (bicyclic) bond motifs is 1. The van der Waals surface area contributed by atoms with Gasteiger partial charge in [-0.05, 0) is 40.5 Å². The van der Waals surface area contributed by atoms with Crippen molar-refractivity contribution in [1.82, 2.24) is 15.4 Å². The van der Waals surface area contributed by atoms with Crippen molar-refractivity contribution >= 4 is 5.91 Å². The number of hydrogen-bond acceptors (Lipinski definition) is 5. The van der Waals surface area contributed by atoms with E-state index >= 15 is 0 Å². The number of hydrogen-bond donors (Lipinski definition) is 1. The van der Waals surface area contributed by atoms with Crippen LogP contribution in [-0.2, 0) is 4.74 Å². The van der Waals surface area contributed by atoms with E-state index in [0.717, 1.165) is 32.5 Å². The number of ether oxygens (including phenoxy) is 1. The first-order chi connectivity index (χ1) is 12.4. The third-order valence-corrected chi connectivity index (χ3v) is 6.37. The molecule has 3 aliphatic rings. The molecule has 1 spiro atoms. The standard InChI is InChI=1S/C20H29N3O3/c1-12(2)6-8-23-10-16-15(17-5-7-20(16,11-23)25-17)9-21-19(24)18-13(3)22-26-14(18)4/h6,15-17H,5,7-11H2,1-4H3,(H,21,24)/t15-,16+,17+,20+/m0/s1. The molecule has 0 radical (unpaired) electrons. The normalized spacial score (nSPS) is 32.7. The van der Waals surface area contributed by atoms with E-state index in [4.69, 9.17) is 9.26 Å². The van der Waals surface area contributed by atoms with Gasteiger partial charge in [0, 0.05) is 38.0 Å². The van der Waals surface area contributed by atoms with Gasteiger partial charge in [0.15, 0.2) is 0 Å². The number of nitrogens with one attached hydrogen (secondary N) is 1. The van der Waals surface area contributed by atoms with E-state index in [-0.39, 0.29) is 17.6 Å². The van der Waals surface area contributed by atoms with Crippen molar-refractivity contribution in [2.24, 2.45) is 11.8 Å². The lowest BCUT2D eigenvalue weighted by atomic mass is 9.73. The molecule has 0 aromatic carbocycles. The van der Waals surface area contributed by atoms with Crippen molar-refractivity contribution in [2.75, 3.05) is 26.2 Å². The highest BCUT2D eigenvalue weighted by molar-refractivity contribution is 5.96. The van der Waals surface area contributed by atoms with Gasteiger partial charge in [-0.2, -0.15) is 0 Å². The molecule has 3 saturated heterocycles. The molecule has 1 aromatic heterocycles. The molecule has 0 unspecified atom stereocenters. The van der Waals surface area contributed by atoms with E-state index in [1.54, 1.807) is 13.8 Å². The Morgan fingerprint density at radius 1 is 1.42 bits per heavy atom.